The maximum Gasteiger partial charge on any atom is 0.171 e. The second-order valence-electron chi connectivity index (χ2n) is 7.37. The fourth-order valence-corrected chi connectivity index (χ4v) is 5.43. The lowest BCUT2D eigenvalue weighted by atomic mass is 9.92. The maximum atomic E-state index is 10.3. The molecule has 1 saturated heterocycles. The molecule has 1 atom stereocenters. The van der Waals surface area contributed by atoms with Gasteiger partial charge in [-0.3, -0.25) is 4.90 Å². The first kappa shape index (κ1) is 20.7. The van der Waals surface area contributed by atoms with Crippen molar-refractivity contribution in [3.05, 3.63) is 70.8 Å². The number of thiophene rings is 1. The van der Waals surface area contributed by atoms with Gasteiger partial charge in [0.25, 0.3) is 0 Å². The normalized spacial score (nSPS) is 15.4. The first-order valence-electron chi connectivity index (χ1n) is 10.2. The standard InChI is InChI=1S/C22H19ClN8S/c23-16-3-1-14(2-4-16)19(31-9-7-25-8-10-31)18-17(11-24)20(15-5-6-27-28-12-15)32-21(18)22-26-13-29-30-22/h1-6,12-13,19,25H,7-10H2,(H,26,29,30). The number of H-pyrrole nitrogens is 1. The summed E-state index contributed by atoms with van der Waals surface area (Å²) in [6.45, 7) is 3.48. The number of aromatic nitrogens is 5. The maximum absolute atomic E-state index is 10.3. The third kappa shape index (κ3) is 3.89. The number of nitrogens with zero attached hydrogens (tertiary/aromatic N) is 6. The topological polar surface area (TPSA) is 106 Å². The summed E-state index contributed by atoms with van der Waals surface area (Å²) in [5, 5.41) is 30.6. The molecule has 0 bridgehead atoms. The Balaban J connectivity index is 1.77. The lowest BCUT2D eigenvalue weighted by molar-refractivity contribution is 0.199. The van der Waals surface area contributed by atoms with Crippen LogP contribution in [-0.2, 0) is 0 Å². The molecule has 0 spiro atoms. The molecule has 32 heavy (non-hydrogen) atoms. The molecule has 1 fully saturated rings. The van der Waals surface area contributed by atoms with Crippen molar-refractivity contribution in [2.75, 3.05) is 26.2 Å². The Morgan fingerprint density at radius 2 is 1.88 bits per heavy atom. The number of aromatic amines is 1. The molecule has 10 heteroatoms. The molecule has 0 radical (unpaired) electrons. The van der Waals surface area contributed by atoms with Crippen LogP contribution in [0.3, 0.4) is 0 Å². The van der Waals surface area contributed by atoms with Gasteiger partial charge in [0.2, 0.25) is 0 Å². The van der Waals surface area contributed by atoms with Gasteiger partial charge < -0.3 is 10.3 Å². The molecule has 160 valence electrons. The zero-order chi connectivity index (χ0) is 21.9. The Kier molecular flexibility index (Phi) is 5.92. The molecule has 3 aromatic heterocycles. The molecule has 4 heterocycles. The van der Waals surface area contributed by atoms with Crippen molar-refractivity contribution in [1.29, 1.82) is 5.26 Å². The van der Waals surface area contributed by atoms with Gasteiger partial charge in [-0.2, -0.15) is 15.5 Å². The monoisotopic (exact) mass is 462 g/mol. The molecule has 0 saturated carbocycles. The molecule has 5 rings (SSSR count). The van der Waals surface area contributed by atoms with E-state index in [1.165, 1.54) is 11.3 Å². The molecule has 2 N–H and O–H groups in total. The summed E-state index contributed by atoms with van der Waals surface area (Å²) in [6.07, 6.45) is 4.88. The van der Waals surface area contributed by atoms with Gasteiger partial charge in [-0.05, 0) is 23.8 Å². The van der Waals surface area contributed by atoms with Crippen LogP contribution in [0, 0.1) is 11.3 Å². The Morgan fingerprint density at radius 3 is 2.53 bits per heavy atom. The van der Waals surface area contributed by atoms with Crippen LogP contribution >= 0.6 is 22.9 Å². The van der Waals surface area contributed by atoms with Crippen molar-refractivity contribution in [1.82, 2.24) is 35.6 Å². The van der Waals surface area contributed by atoms with E-state index in [4.69, 9.17) is 11.6 Å². The molecule has 4 aromatic rings. The van der Waals surface area contributed by atoms with E-state index in [-0.39, 0.29) is 6.04 Å². The molecule has 0 amide bonds. The van der Waals surface area contributed by atoms with Crippen molar-refractivity contribution in [3.8, 4) is 27.2 Å². The Morgan fingerprint density at radius 1 is 1.06 bits per heavy atom. The van der Waals surface area contributed by atoms with Crippen LogP contribution in [-0.4, -0.2) is 56.5 Å². The number of nitrogens with one attached hydrogen (secondary N) is 2. The highest BCUT2D eigenvalue weighted by molar-refractivity contribution is 7.19. The van der Waals surface area contributed by atoms with E-state index in [1.54, 1.807) is 18.7 Å². The summed E-state index contributed by atoms with van der Waals surface area (Å²) in [4.78, 5) is 7.27. The minimum absolute atomic E-state index is 0.135. The van der Waals surface area contributed by atoms with Gasteiger partial charge in [0.1, 0.15) is 12.4 Å². The number of rotatable bonds is 5. The van der Waals surface area contributed by atoms with Crippen LogP contribution < -0.4 is 5.32 Å². The zero-order valence-electron chi connectivity index (χ0n) is 17.0. The van der Waals surface area contributed by atoms with Crippen molar-refractivity contribution in [2.45, 2.75) is 6.04 Å². The van der Waals surface area contributed by atoms with Gasteiger partial charge in [-0.25, -0.2) is 0 Å². The lowest BCUT2D eigenvalue weighted by Crippen LogP contribution is -2.45. The summed E-state index contributed by atoms with van der Waals surface area (Å²) in [6, 6.07) is 12.1. The molecule has 8 nitrogen and oxygen atoms in total. The van der Waals surface area contributed by atoms with Gasteiger partial charge in [-0.1, -0.05) is 23.7 Å². The third-order valence-corrected chi connectivity index (χ3v) is 7.02. The van der Waals surface area contributed by atoms with E-state index in [2.05, 4.69) is 41.7 Å². The van der Waals surface area contributed by atoms with E-state index in [9.17, 15) is 5.26 Å². The molecule has 1 unspecified atom stereocenters. The van der Waals surface area contributed by atoms with Crippen molar-refractivity contribution >= 4 is 22.9 Å². The van der Waals surface area contributed by atoms with Crippen LogP contribution in [0.1, 0.15) is 22.7 Å². The lowest BCUT2D eigenvalue weighted by Gasteiger charge is -2.35. The Bertz CT molecular complexity index is 1230. The van der Waals surface area contributed by atoms with Crippen molar-refractivity contribution < 1.29 is 0 Å². The van der Waals surface area contributed by atoms with E-state index < -0.39 is 0 Å². The third-order valence-electron chi connectivity index (χ3n) is 5.51. The number of halogens is 1. The summed E-state index contributed by atoms with van der Waals surface area (Å²) in [7, 11) is 0. The van der Waals surface area contributed by atoms with Gasteiger partial charge in [-0.15, -0.1) is 21.5 Å². The van der Waals surface area contributed by atoms with Crippen molar-refractivity contribution in [3.63, 3.8) is 0 Å². The van der Waals surface area contributed by atoms with E-state index in [0.29, 0.717) is 16.4 Å². The molecular weight excluding hydrogens is 444 g/mol. The number of hydrogen-bond acceptors (Lipinski definition) is 8. The summed E-state index contributed by atoms with van der Waals surface area (Å²) in [5.41, 5.74) is 3.47. The predicted molar refractivity (Wildman–Crippen MR) is 123 cm³/mol. The van der Waals surface area contributed by atoms with E-state index in [1.807, 2.05) is 30.3 Å². The van der Waals surface area contributed by atoms with Crippen LogP contribution in [0.15, 0.2) is 49.1 Å². The molecule has 1 aliphatic heterocycles. The van der Waals surface area contributed by atoms with Gasteiger partial charge in [0.05, 0.1) is 33.8 Å². The highest BCUT2D eigenvalue weighted by atomic mass is 35.5. The molecule has 1 aromatic carbocycles. The Labute approximate surface area is 193 Å². The van der Waals surface area contributed by atoms with Crippen LogP contribution in [0.5, 0.6) is 0 Å². The largest absolute Gasteiger partial charge is 0.327 e. The smallest absolute Gasteiger partial charge is 0.171 e. The molecule has 1 aliphatic rings. The van der Waals surface area contributed by atoms with Gasteiger partial charge >= 0.3 is 0 Å². The average molecular weight is 463 g/mol. The zero-order valence-corrected chi connectivity index (χ0v) is 18.6. The first-order valence-corrected chi connectivity index (χ1v) is 11.4. The second-order valence-corrected chi connectivity index (χ2v) is 8.83. The molecular formula is C22H19ClN8S. The first-order chi connectivity index (χ1) is 15.8. The Hall–Kier alpha value is -3.16. The van der Waals surface area contributed by atoms with Crippen LogP contribution in [0.2, 0.25) is 5.02 Å². The minimum atomic E-state index is -0.135. The average Bonchev–Trinajstić information content (AvgIpc) is 3.50. The van der Waals surface area contributed by atoms with Crippen LogP contribution in [0.4, 0.5) is 0 Å². The minimum Gasteiger partial charge on any atom is -0.327 e. The number of nitriles is 1. The van der Waals surface area contributed by atoms with Crippen LogP contribution in [0.25, 0.3) is 21.1 Å². The second kappa shape index (κ2) is 9.14. The highest BCUT2D eigenvalue weighted by Gasteiger charge is 2.33. The van der Waals surface area contributed by atoms with E-state index in [0.717, 1.165) is 52.6 Å². The van der Waals surface area contributed by atoms with Crippen molar-refractivity contribution in [2.24, 2.45) is 0 Å². The number of piperazine rings is 1. The summed E-state index contributed by atoms with van der Waals surface area (Å²) >= 11 is 7.71. The van der Waals surface area contributed by atoms with E-state index >= 15 is 0 Å². The fourth-order valence-electron chi connectivity index (χ4n) is 4.08. The van der Waals surface area contributed by atoms with Gasteiger partial charge in [0, 0.05) is 42.3 Å². The summed E-state index contributed by atoms with van der Waals surface area (Å²) < 4.78 is 0. The fraction of sp³-hybridized carbons (Fsp3) is 0.227. The quantitative estimate of drug-likeness (QED) is 0.467. The highest BCUT2D eigenvalue weighted by Crippen LogP contribution is 2.46. The van der Waals surface area contributed by atoms with Gasteiger partial charge in [0.15, 0.2) is 5.82 Å². The number of hydrogen-bond donors (Lipinski definition) is 2. The SMILES string of the molecule is N#Cc1c(-c2ccnnc2)sc(-c2nnc[nH]2)c1C(c1ccc(Cl)cc1)N1CCNCC1. The molecule has 0 aliphatic carbocycles. The summed E-state index contributed by atoms with van der Waals surface area (Å²) in [5.74, 6) is 0.642. The predicted octanol–water partition coefficient (Wildman–Crippen LogP) is 3.51. The number of benzene rings is 1.